The molecule has 8 heteroatoms. The Balaban J connectivity index is 2.06. The first kappa shape index (κ1) is 20.3. The topological polar surface area (TPSA) is 86.6 Å². The van der Waals surface area contributed by atoms with E-state index in [0.717, 1.165) is 13.1 Å². The largest absolute Gasteiger partial charge is 0.389 e. The van der Waals surface area contributed by atoms with Gasteiger partial charge in [-0.1, -0.05) is 0 Å². The van der Waals surface area contributed by atoms with E-state index in [1.165, 1.54) is 12.3 Å². The molecule has 2 aromatic rings. The smallest absolute Gasteiger partial charge is 0.256 e. The number of halogens is 1. The van der Waals surface area contributed by atoms with Crippen LogP contribution in [0.5, 0.6) is 0 Å². The van der Waals surface area contributed by atoms with Crippen LogP contribution in [0.4, 0.5) is 10.1 Å². The van der Waals surface area contributed by atoms with Crippen molar-refractivity contribution in [1.29, 1.82) is 0 Å². The van der Waals surface area contributed by atoms with Crippen molar-refractivity contribution in [1.82, 2.24) is 15.2 Å². The summed E-state index contributed by atoms with van der Waals surface area (Å²) in [6.45, 7) is 8.48. The van der Waals surface area contributed by atoms with Crippen molar-refractivity contribution in [3.63, 3.8) is 0 Å². The standard InChI is InChI=1S/C20H27FN4O3/c1-4-24-11-14(19(27)23-12-20(2,3)28)18(26)13-9-15(21)17(10-16(13)24)25-7-5-22-6-8-25/h9-11,22,28H,4-8,12H2,1-3H3,(H,23,27). The summed E-state index contributed by atoms with van der Waals surface area (Å²) in [6.07, 6.45) is 1.50. The van der Waals surface area contributed by atoms with Crippen LogP contribution in [0.3, 0.4) is 0 Å². The van der Waals surface area contributed by atoms with Crippen molar-refractivity contribution >= 4 is 22.5 Å². The van der Waals surface area contributed by atoms with E-state index in [0.29, 0.717) is 30.8 Å². The van der Waals surface area contributed by atoms with Gasteiger partial charge in [0.05, 0.1) is 16.8 Å². The van der Waals surface area contributed by atoms with Gasteiger partial charge in [-0.15, -0.1) is 0 Å². The number of hydrogen-bond donors (Lipinski definition) is 3. The molecule has 0 aliphatic carbocycles. The predicted molar refractivity (Wildman–Crippen MR) is 108 cm³/mol. The molecule has 0 spiro atoms. The van der Waals surface area contributed by atoms with Gasteiger partial charge in [-0.3, -0.25) is 9.59 Å². The fourth-order valence-corrected chi connectivity index (χ4v) is 3.36. The van der Waals surface area contributed by atoms with Crippen molar-refractivity contribution < 1.29 is 14.3 Å². The molecule has 2 heterocycles. The summed E-state index contributed by atoms with van der Waals surface area (Å²) in [5, 5.41) is 15.8. The lowest BCUT2D eigenvalue weighted by Gasteiger charge is -2.30. The van der Waals surface area contributed by atoms with E-state index in [1.807, 2.05) is 11.8 Å². The lowest BCUT2D eigenvalue weighted by Crippen LogP contribution is -2.44. The zero-order chi connectivity index (χ0) is 20.5. The minimum absolute atomic E-state index is 0.00568. The molecular weight excluding hydrogens is 363 g/mol. The van der Waals surface area contributed by atoms with Gasteiger partial charge in [-0.25, -0.2) is 4.39 Å². The molecule has 1 amide bonds. The Morgan fingerprint density at radius 3 is 2.61 bits per heavy atom. The van der Waals surface area contributed by atoms with Gasteiger partial charge in [0.1, 0.15) is 11.4 Å². The van der Waals surface area contributed by atoms with Crippen LogP contribution in [-0.4, -0.2) is 53.9 Å². The average Bonchev–Trinajstić information content (AvgIpc) is 2.66. The predicted octanol–water partition coefficient (Wildman–Crippen LogP) is 1.07. The van der Waals surface area contributed by atoms with Crippen LogP contribution in [0.1, 0.15) is 31.1 Å². The number of carbonyl (C=O) groups is 1. The highest BCUT2D eigenvalue weighted by atomic mass is 19.1. The highest BCUT2D eigenvalue weighted by molar-refractivity contribution is 5.97. The fourth-order valence-electron chi connectivity index (χ4n) is 3.36. The van der Waals surface area contributed by atoms with Crippen LogP contribution in [0.15, 0.2) is 23.1 Å². The van der Waals surface area contributed by atoms with E-state index in [1.54, 1.807) is 24.5 Å². The molecule has 1 fully saturated rings. The molecule has 7 nitrogen and oxygen atoms in total. The van der Waals surface area contributed by atoms with Gasteiger partial charge >= 0.3 is 0 Å². The van der Waals surface area contributed by atoms with E-state index in [-0.39, 0.29) is 17.5 Å². The summed E-state index contributed by atoms with van der Waals surface area (Å²) in [5.41, 5.74) is -0.608. The molecule has 1 aromatic carbocycles. The quantitative estimate of drug-likeness (QED) is 0.711. The summed E-state index contributed by atoms with van der Waals surface area (Å²) in [7, 11) is 0. The van der Waals surface area contributed by atoms with Crippen LogP contribution < -0.4 is 21.0 Å². The molecule has 0 unspecified atom stereocenters. The molecule has 152 valence electrons. The van der Waals surface area contributed by atoms with E-state index in [2.05, 4.69) is 10.6 Å². The van der Waals surface area contributed by atoms with Crippen LogP contribution in [0.2, 0.25) is 0 Å². The first-order chi connectivity index (χ1) is 13.2. The molecule has 0 saturated carbocycles. The molecule has 1 saturated heterocycles. The third-order valence-electron chi connectivity index (χ3n) is 4.87. The Morgan fingerprint density at radius 2 is 2.00 bits per heavy atom. The first-order valence-corrected chi connectivity index (χ1v) is 9.54. The SMILES string of the molecule is CCn1cc(C(=O)NCC(C)(C)O)c(=O)c2cc(F)c(N3CCNCC3)cc21. The number of piperazine rings is 1. The van der Waals surface area contributed by atoms with Crippen molar-refractivity contribution in [2.45, 2.75) is 32.9 Å². The van der Waals surface area contributed by atoms with Gasteiger partial charge in [-0.05, 0) is 32.9 Å². The number of aromatic nitrogens is 1. The number of rotatable bonds is 5. The molecule has 1 aromatic heterocycles. The Bertz CT molecular complexity index is 943. The molecule has 1 aliphatic heterocycles. The molecule has 1 aliphatic rings. The van der Waals surface area contributed by atoms with Crippen molar-refractivity contribution in [2.75, 3.05) is 37.6 Å². The van der Waals surface area contributed by atoms with E-state index < -0.39 is 22.8 Å². The highest BCUT2D eigenvalue weighted by Crippen LogP contribution is 2.25. The van der Waals surface area contributed by atoms with Gasteiger partial charge in [-0.2, -0.15) is 0 Å². The van der Waals surface area contributed by atoms with E-state index in [9.17, 15) is 19.1 Å². The summed E-state index contributed by atoms with van der Waals surface area (Å²) in [6, 6.07) is 2.92. The minimum Gasteiger partial charge on any atom is -0.389 e. The Kier molecular flexibility index (Phi) is 5.71. The zero-order valence-electron chi connectivity index (χ0n) is 16.5. The molecule has 0 bridgehead atoms. The minimum atomic E-state index is -1.10. The van der Waals surface area contributed by atoms with E-state index >= 15 is 0 Å². The molecule has 3 N–H and O–H groups in total. The number of aliphatic hydroxyl groups is 1. The highest BCUT2D eigenvalue weighted by Gasteiger charge is 2.21. The average molecular weight is 390 g/mol. The number of hydrogen-bond acceptors (Lipinski definition) is 5. The van der Waals surface area contributed by atoms with Crippen LogP contribution >= 0.6 is 0 Å². The molecule has 0 atom stereocenters. The number of nitrogens with zero attached hydrogens (tertiary/aromatic N) is 2. The fraction of sp³-hybridized carbons (Fsp3) is 0.500. The first-order valence-electron chi connectivity index (χ1n) is 9.54. The van der Waals surface area contributed by atoms with Gasteiger partial charge in [0.2, 0.25) is 5.43 Å². The van der Waals surface area contributed by atoms with Gasteiger partial charge in [0.15, 0.2) is 0 Å². The monoisotopic (exact) mass is 390 g/mol. The summed E-state index contributed by atoms with van der Waals surface area (Å²) < 4.78 is 16.6. The Morgan fingerprint density at radius 1 is 1.32 bits per heavy atom. The number of carbonyl (C=O) groups excluding carboxylic acids is 1. The number of benzene rings is 1. The number of amides is 1. The second kappa shape index (κ2) is 7.89. The van der Waals surface area contributed by atoms with Gasteiger partial charge < -0.3 is 25.2 Å². The number of pyridine rings is 1. The maximum absolute atomic E-state index is 14.8. The summed E-state index contributed by atoms with van der Waals surface area (Å²) in [4.78, 5) is 27.3. The third-order valence-corrected chi connectivity index (χ3v) is 4.87. The maximum atomic E-state index is 14.8. The second-order valence-electron chi connectivity index (χ2n) is 7.71. The summed E-state index contributed by atoms with van der Waals surface area (Å²) >= 11 is 0. The molecule has 28 heavy (non-hydrogen) atoms. The summed E-state index contributed by atoms with van der Waals surface area (Å²) in [5.74, 6) is -1.05. The zero-order valence-corrected chi connectivity index (χ0v) is 16.5. The van der Waals surface area contributed by atoms with Crippen LogP contribution in [-0.2, 0) is 6.54 Å². The molecule has 3 rings (SSSR count). The van der Waals surface area contributed by atoms with Crippen LogP contribution in [0.25, 0.3) is 10.9 Å². The van der Waals surface area contributed by atoms with Crippen molar-refractivity contribution in [3.05, 3.63) is 39.9 Å². The normalized spacial score (nSPS) is 15.1. The number of anilines is 1. The van der Waals surface area contributed by atoms with Crippen molar-refractivity contribution in [2.24, 2.45) is 0 Å². The van der Waals surface area contributed by atoms with Crippen molar-refractivity contribution in [3.8, 4) is 0 Å². The maximum Gasteiger partial charge on any atom is 0.256 e. The Hall–Kier alpha value is -2.45. The lowest BCUT2D eigenvalue weighted by molar-refractivity contribution is 0.0693. The van der Waals surface area contributed by atoms with Crippen LogP contribution in [0, 0.1) is 5.82 Å². The number of nitrogens with one attached hydrogen (secondary N) is 2. The van der Waals surface area contributed by atoms with Gasteiger partial charge in [0, 0.05) is 50.9 Å². The third kappa shape index (κ3) is 4.18. The molecular formula is C20H27FN4O3. The molecule has 0 radical (unpaired) electrons. The lowest BCUT2D eigenvalue weighted by atomic mass is 10.1. The Labute approximate surface area is 163 Å². The van der Waals surface area contributed by atoms with Gasteiger partial charge in [0.25, 0.3) is 5.91 Å². The second-order valence-corrected chi connectivity index (χ2v) is 7.71. The van der Waals surface area contributed by atoms with E-state index in [4.69, 9.17) is 0 Å². The number of aryl methyl sites for hydroxylation is 1. The number of fused-ring (bicyclic) bond motifs is 1.